The normalized spacial score (nSPS) is 11.4. The van der Waals surface area contributed by atoms with Crippen LogP contribution in [-0.4, -0.2) is 21.7 Å². The summed E-state index contributed by atoms with van der Waals surface area (Å²) in [6, 6.07) is 5.80. The molecule has 0 radical (unpaired) electrons. The Morgan fingerprint density at radius 1 is 1.19 bits per heavy atom. The molecule has 0 atom stereocenters. The zero-order chi connectivity index (χ0) is 12.0. The monoisotopic (exact) mass is 247 g/mol. The number of nitrogens with two attached hydrogens (primary N) is 1. The van der Waals surface area contributed by atoms with Gasteiger partial charge in [-0.1, -0.05) is 0 Å². The van der Waals surface area contributed by atoms with Crippen LogP contribution in [0, 0.1) is 0 Å². The fourth-order valence-corrected chi connectivity index (χ4v) is 1.63. The van der Waals surface area contributed by atoms with Gasteiger partial charge in [0.25, 0.3) is 0 Å². The van der Waals surface area contributed by atoms with Crippen molar-refractivity contribution in [1.29, 1.82) is 0 Å². The Kier molecular flexibility index (Phi) is 4.70. The van der Waals surface area contributed by atoms with Gasteiger partial charge in [0.1, 0.15) is 5.75 Å². The van der Waals surface area contributed by atoms with Crippen molar-refractivity contribution in [1.82, 2.24) is 0 Å². The molecule has 0 fully saturated rings. The minimum absolute atomic E-state index is 0.0450. The topological polar surface area (TPSA) is 69.4 Å². The van der Waals surface area contributed by atoms with E-state index in [2.05, 4.69) is 0 Å². The van der Waals surface area contributed by atoms with E-state index in [-0.39, 0.29) is 11.6 Å². The summed E-state index contributed by atoms with van der Waals surface area (Å²) >= 11 is 0. The third-order valence-corrected chi connectivity index (χ3v) is 2.88. The van der Waals surface area contributed by atoms with Crippen LogP contribution >= 0.6 is 0 Å². The van der Waals surface area contributed by atoms with Gasteiger partial charge in [-0.2, -0.15) is 0 Å². The predicted octanol–water partition coefficient (Wildman–Crippen LogP) is 1.46. The van der Waals surface area contributed by atoms with Gasteiger partial charge >= 0.3 is 0 Å². The van der Waals surface area contributed by atoms with Crippen LogP contribution in [0.5, 0.6) is 5.75 Å². The van der Waals surface area contributed by atoms with E-state index in [1.165, 1.54) is 24.3 Å². The van der Waals surface area contributed by atoms with E-state index in [4.69, 9.17) is 9.88 Å². The van der Waals surface area contributed by atoms with Crippen molar-refractivity contribution < 1.29 is 17.5 Å². The molecule has 0 bridgehead atoms. The Labute approximate surface area is 94.3 Å². The van der Waals surface area contributed by atoms with Gasteiger partial charge in [0.05, 0.1) is 18.2 Å². The van der Waals surface area contributed by atoms with E-state index in [1.54, 1.807) is 0 Å². The molecule has 0 aliphatic rings. The molecule has 90 valence electrons. The lowest BCUT2D eigenvalue weighted by molar-refractivity contribution is 0.297. The molecule has 0 spiro atoms. The lowest BCUT2D eigenvalue weighted by atomic mass is 10.3. The first-order valence-corrected chi connectivity index (χ1v) is 6.40. The van der Waals surface area contributed by atoms with Gasteiger partial charge in [-0.3, -0.25) is 4.39 Å². The van der Waals surface area contributed by atoms with Crippen molar-refractivity contribution >= 4 is 10.0 Å². The summed E-state index contributed by atoms with van der Waals surface area (Å²) in [6.07, 6.45) is 1.10. The van der Waals surface area contributed by atoms with E-state index in [0.717, 1.165) is 0 Å². The van der Waals surface area contributed by atoms with E-state index < -0.39 is 10.0 Å². The Hall–Kier alpha value is -1.14. The average molecular weight is 247 g/mol. The highest BCUT2D eigenvalue weighted by molar-refractivity contribution is 7.89. The lowest BCUT2D eigenvalue weighted by Gasteiger charge is -2.05. The van der Waals surface area contributed by atoms with Gasteiger partial charge in [0.2, 0.25) is 10.0 Å². The number of hydrogen-bond acceptors (Lipinski definition) is 3. The number of sulfonamides is 1. The second kappa shape index (κ2) is 5.81. The number of hydrogen-bond donors (Lipinski definition) is 1. The maximum atomic E-state index is 11.8. The lowest BCUT2D eigenvalue weighted by Crippen LogP contribution is -2.11. The highest BCUT2D eigenvalue weighted by atomic mass is 32.2. The second-order valence-electron chi connectivity index (χ2n) is 3.26. The summed E-state index contributed by atoms with van der Waals surface area (Å²) in [5, 5.41) is 4.94. The molecule has 1 aromatic carbocycles. The number of alkyl halides is 1. The summed E-state index contributed by atoms with van der Waals surface area (Å²) < 4.78 is 38.9. The molecule has 0 saturated heterocycles. The van der Waals surface area contributed by atoms with Crippen LogP contribution in [0.15, 0.2) is 29.2 Å². The average Bonchev–Trinajstić information content (AvgIpc) is 2.24. The highest BCUT2D eigenvalue weighted by Crippen LogP contribution is 2.15. The summed E-state index contributed by atoms with van der Waals surface area (Å²) in [7, 11) is -3.65. The van der Waals surface area contributed by atoms with Gasteiger partial charge < -0.3 is 4.74 Å². The first-order valence-electron chi connectivity index (χ1n) is 4.85. The third-order valence-electron chi connectivity index (χ3n) is 1.95. The molecule has 0 heterocycles. The Morgan fingerprint density at radius 2 is 1.81 bits per heavy atom. The maximum Gasteiger partial charge on any atom is 0.238 e. The summed E-state index contributed by atoms with van der Waals surface area (Å²) in [6.45, 7) is 0.0619. The van der Waals surface area contributed by atoms with E-state index in [1.807, 2.05) is 0 Å². The van der Waals surface area contributed by atoms with Crippen molar-refractivity contribution in [3.8, 4) is 5.75 Å². The molecule has 1 rings (SSSR count). The molecule has 16 heavy (non-hydrogen) atoms. The van der Waals surface area contributed by atoms with Crippen LogP contribution < -0.4 is 9.88 Å². The molecule has 0 aliphatic heterocycles. The summed E-state index contributed by atoms with van der Waals surface area (Å²) in [5.74, 6) is 0.547. The second-order valence-corrected chi connectivity index (χ2v) is 4.82. The quantitative estimate of drug-likeness (QED) is 0.774. The molecule has 0 aromatic heterocycles. The number of primary sulfonamides is 1. The third kappa shape index (κ3) is 4.16. The fraction of sp³-hybridized carbons (Fsp3) is 0.400. The van der Waals surface area contributed by atoms with Crippen molar-refractivity contribution in [2.24, 2.45) is 5.14 Å². The van der Waals surface area contributed by atoms with Gasteiger partial charge in [-0.15, -0.1) is 0 Å². The van der Waals surface area contributed by atoms with E-state index in [0.29, 0.717) is 25.2 Å². The zero-order valence-corrected chi connectivity index (χ0v) is 9.54. The van der Waals surface area contributed by atoms with Gasteiger partial charge in [-0.05, 0) is 37.1 Å². The largest absolute Gasteiger partial charge is 0.494 e. The SMILES string of the molecule is NS(=O)(=O)c1ccc(OCCCCF)cc1. The smallest absolute Gasteiger partial charge is 0.238 e. The van der Waals surface area contributed by atoms with Gasteiger partial charge in [0.15, 0.2) is 0 Å². The molecule has 1 aromatic rings. The van der Waals surface area contributed by atoms with Crippen LogP contribution in [0.4, 0.5) is 4.39 Å². The zero-order valence-electron chi connectivity index (χ0n) is 8.73. The molecule has 6 heteroatoms. The van der Waals surface area contributed by atoms with Crippen LogP contribution in [0.2, 0.25) is 0 Å². The van der Waals surface area contributed by atoms with Crippen molar-refractivity contribution in [3.05, 3.63) is 24.3 Å². The fourth-order valence-electron chi connectivity index (χ4n) is 1.11. The molecular formula is C10H14FNO3S. The molecule has 4 nitrogen and oxygen atoms in total. The number of rotatable bonds is 6. The van der Waals surface area contributed by atoms with Crippen molar-refractivity contribution in [3.63, 3.8) is 0 Å². The summed E-state index contributed by atoms with van der Waals surface area (Å²) in [5.41, 5.74) is 0. The molecule has 0 unspecified atom stereocenters. The Bertz CT molecular complexity index is 416. The van der Waals surface area contributed by atoms with E-state index in [9.17, 15) is 12.8 Å². The minimum atomic E-state index is -3.65. The summed E-state index contributed by atoms with van der Waals surface area (Å²) in [4.78, 5) is 0.0450. The maximum absolute atomic E-state index is 11.8. The van der Waals surface area contributed by atoms with Gasteiger partial charge in [0, 0.05) is 0 Å². The van der Waals surface area contributed by atoms with Crippen LogP contribution in [0.25, 0.3) is 0 Å². The highest BCUT2D eigenvalue weighted by Gasteiger charge is 2.06. The minimum Gasteiger partial charge on any atom is -0.494 e. The van der Waals surface area contributed by atoms with E-state index >= 15 is 0 Å². The van der Waals surface area contributed by atoms with Crippen LogP contribution in [0.1, 0.15) is 12.8 Å². The Morgan fingerprint density at radius 3 is 2.31 bits per heavy atom. The molecule has 0 aliphatic carbocycles. The first-order chi connectivity index (χ1) is 7.54. The number of halogens is 1. The van der Waals surface area contributed by atoms with Crippen LogP contribution in [0.3, 0.4) is 0 Å². The number of ether oxygens (including phenoxy) is 1. The molecule has 0 saturated carbocycles. The number of unbranched alkanes of at least 4 members (excludes halogenated alkanes) is 1. The molecule has 2 N–H and O–H groups in total. The van der Waals surface area contributed by atoms with Crippen LogP contribution in [-0.2, 0) is 10.0 Å². The molecule has 0 amide bonds. The number of benzene rings is 1. The molecular weight excluding hydrogens is 233 g/mol. The first kappa shape index (κ1) is 12.9. The Balaban J connectivity index is 2.52. The standard InChI is InChI=1S/C10H14FNO3S/c11-7-1-2-8-15-9-3-5-10(6-4-9)16(12,13)14/h3-6H,1-2,7-8H2,(H2,12,13,14). The van der Waals surface area contributed by atoms with Crippen molar-refractivity contribution in [2.45, 2.75) is 17.7 Å². The van der Waals surface area contributed by atoms with Crippen molar-refractivity contribution in [2.75, 3.05) is 13.3 Å². The predicted molar refractivity (Wildman–Crippen MR) is 58.5 cm³/mol. The van der Waals surface area contributed by atoms with Gasteiger partial charge in [-0.25, -0.2) is 13.6 Å².